The van der Waals surface area contributed by atoms with Crippen LogP contribution in [-0.4, -0.2) is 19.5 Å². The molecule has 11 rings (SSSR count). The summed E-state index contributed by atoms with van der Waals surface area (Å²) in [6.45, 7) is 13.3. The minimum Gasteiger partial charge on any atom is -0.501 e. The number of furan rings is 1. The van der Waals surface area contributed by atoms with Crippen LogP contribution < -0.4 is 0 Å². The maximum atomic E-state index is 6.73. The minimum absolute atomic E-state index is 0. The number of imidazole rings is 1. The standard InChI is InChI=1S/C43H35N2O.C17H15N2O.Ir/c1-27(2)36-24-32(30-16-9-6-10-17-30)25-37(28(3)4)41(36)45-39-21-12-11-20-38(39)44-43(45)35-19-13-18-34-33-23-22-31(26-40(33)46-42(34)35)29-14-7-5-8-15-29;1-12(2)16-11-19-17(20-16)14-7-5-6-13(10-14)15-8-3-4-9-18-15;/h5-18,20-28H,1-4H3;3-5,7-12H,1-2H3;/q2*-1;. The van der Waals surface area contributed by atoms with E-state index in [0.29, 0.717) is 11.8 Å². The van der Waals surface area contributed by atoms with Gasteiger partial charge in [-0.25, -0.2) is 4.98 Å². The topological polar surface area (TPSA) is 69.9 Å². The maximum absolute atomic E-state index is 6.73. The van der Waals surface area contributed by atoms with Crippen LogP contribution in [-0.2, 0) is 20.1 Å². The third-order valence-electron chi connectivity index (χ3n) is 12.2. The summed E-state index contributed by atoms with van der Waals surface area (Å²) in [6, 6.07) is 63.3. The Hall–Kier alpha value is -7.18. The van der Waals surface area contributed by atoms with Crippen molar-refractivity contribution >= 4 is 33.0 Å². The van der Waals surface area contributed by atoms with E-state index >= 15 is 0 Å². The number of benzene rings is 7. The first-order chi connectivity index (χ1) is 32.2. The molecule has 0 saturated carbocycles. The largest absolute Gasteiger partial charge is 0.501 e. The number of fused-ring (bicyclic) bond motifs is 4. The maximum Gasteiger partial charge on any atom is 0.207 e. The second kappa shape index (κ2) is 19.3. The molecule has 6 nitrogen and oxygen atoms in total. The van der Waals surface area contributed by atoms with Crippen molar-refractivity contribution < 1.29 is 28.9 Å². The van der Waals surface area contributed by atoms with E-state index in [9.17, 15) is 0 Å². The molecule has 1 radical (unpaired) electrons. The van der Waals surface area contributed by atoms with Crippen molar-refractivity contribution in [2.24, 2.45) is 0 Å². The van der Waals surface area contributed by atoms with E-state index in [-0.39, 0.29) is 31.9 Å². The van der Waals surface area contributed by atoms with Gasteiger partial charge in [0.25, 0.3) is 0 Å². The molecule has 0 aliphatic carbocycles. The van der Waals surface area contributed by atoms with E-state index < -0.39 is 0 Å². The first kappa shape index (κ1) is 45.0. The molecule has 7 aromatic carbocycles. The summed E-state index contributed by atoms with van der Waals surface area (Å²) < 4.78 is 14.9. The second-order valence-corrected chi connectivity index (χ2v) is 17.6. The van der Waals surface area contributed by atoms with Crippen molar-refractivity contribution in [3.8, 4) is 62.0 Å². The zero-order valence-corrected chi connectivity index (χ0v) is 40.8. The van der Waals surface area contributed by atoms with E-state index in [4.69, 9.17) is 13.8 Å². The van der Waals surface area contributed by atoms with Crippen LogP contribution in [0.15, 0.2) is 185 Å². The molecule has 333 valence electrons. The smallest absolute Gasteiger partial charge is 0.207 e. The van der Waals surface area contributed by atoms with Crippen LogP contribution in [0.1, 0.15) is 76.2 Å². The van der Waals surface area contributed by atoms with Gasteiger partial charge in [-0.05, 0) is 92.9 Å². The van der Waals surface area contributed by atoms with Gasteiger partial charge in [0.2, 0.25) is 5.89 Å². The molecule has 7 heteroatoms. The normalized spacial score (nSPS) is 11.4. The first-order valence-electron chi connectivity index (χ1n) is 22.7. The molecule has 0 N–H and O–H groups in total. The molecule has 4 heterocycles. The van der Waals surface area contributed by atoms with Gasteiger partial charge in [-0.1, -0.05) is 150 Å². The van der Waals surface area contributed by atoms with Crippen LogP contribution in [0.25, 0.3) is 95.0 Å². The molecule has 0 unspecified atom stereocenters. The van der Waals surface area contributed by atoms with Gasteiger partial charge in [-0.3, -0.25) is 4.98 Å². The molecule has 4 aromatic heterocycles. The van der Waals surface area contributed by atoms with Crippen molar-refractivity contribution in [1.82, 2.24) is 19.5 Å². The Morgan fingerprint density at radius 1 is 0.537 bits per heavy atom. The summed E-state index contributed by atoms with van der Waals surface area (Å²) >= 11 is 0. The molecule has 0 spiro atoms. The van der Waals surface area contributed by atoms with Gasteiger partial charge in [-0.2, -0.15) is 0 Å². The van der Waals surface area contributed by atoms with Gasteiger partial charge >= 0.3 is 0 Å². The Bertz CT molecular complexity index is 3430. The fourth-order valence-electron chi connectivity index (χ4n) is 8.71. The SMILES string of the molecule is CC(C)c1cc(-c2ccccc2)cc(C(C)C)c1-n1c(-c2[c-]ccc3c2oc2cc(-c4ccccc4)ccc23)nc2ccccc21.CC(C)c1cnc(-c2cc[c-]c(-c3ccccn3)c2)o1.[Ir]. The second-order valence-electron chi connectivity index (χ2n) is 17.6. The van der Waals surface area contributed by atoms with Crippen molar-refractivity contribution in [2.75, 3.05) is 0 Å². The average Bonchev–Trinajstić information content (AvgIpc) is 4.11. The van der Waals surface area contributed by atoms with Crippen LogP contribution in [0.3, 0.4) is 0 Å². The van der Waals surface area contributed by atoms with Gasteiger partial charge in [0.15, 0.2) is 0 Å². The Balaban J connectivity index is 0.000000224. The number of para-hydroxylation sites is 2. The summed E-state index contributed by atoms with van der Waals surface area (Å²) in [7, 11) is 0. The van der Waals surface area contributed by atoms with Crippen molar-refractivity contribution in [3.63, 3.8) is 0 Å². The molecule has 0 bridgehead atoms. The van der Waals surface area contributed by atoms with Gasteiger partial charge in [-0.15, -0.1) is 48.0 Å². The number of nitrogens with zero attached hydrogens (tertiary/aromatic N) is 4. The van der Waals surface area contributed by atoms with Gasteiger partial charge < -0.3 is 18.4 Å². The molecular formula is C60H50IrN4O2-2. The Morgan fingerprint density at radius 2 is 1.21 bits per heavy atom. The molecular weight excluding hydrogens is 1000 g/mol. The van der Waals surface area contributed by atoms with Crippen LogP contribution in [0.4, 0.5) is 0 Å². The Morgan fingerprint density at radius 3 is 1.88 bits per heavy atom. The third-order valence-corrected chi connectivity index (χ3v) is 12.2. The number of oxazole rings is 1. The predicted octanol–water partition coefficient (Wildman–Crippen LogP) is 16.3. The predicted molar refractivity (Wildman–Crippen MR) is 270 cm³/mol. The van der Waals surface area contributed by atoms with Gasteiger partial charge in [0.1, 0.15) is 11.3 Å². The molecule has 67 heavy (non-hydrogen) atoms. The zero-order chi connectivity index (χ0) is 45.3. The summed E-state index contributed by atoms with van der Waals surface area (Å²) in [6.07, 6.45) is 3.56. The summed E-state index contributed by atoms with van der Waals surface area (Å²) in [5.41, 5.74) is 15.9. The van der Waals surface area contributed by atoms with Crippen molar-refractivity contribution in [2.45, 2.75) is 59.3 Å². The summed E-state index contributed by atoms with van der Waals surface area (Å²) in [5.74, 6) is 3.28. The average molecular weight is 1050 g/mol. The molecule has 0 amide bonds. The number of aromatic nitrogens is 4. The third kappa shape index (κ3) is 8.93. The van der Waals surface area contributed by atoms with Crippen molar-refractivity contribution in [3.05, 3.63) is 205 Å². The fraction of sp³-hybridized carbons (Fsp3) is 0.150. The molecule has 0 atom stereocenters. The molecule has 0 saturated heterocycles. The van der Waals surface area contributed by atoms with Gasteiger partial charge in [0.05, 0.1) is 28.6 Å². The van der Waals surface area contributed by atoms with E-state index in [1.54, 1.807) is 12.4 Å². The quantitative estimate of drug-likeness (QED) is 0.135. The Labute approximate surface area is 405 Å². The number of pyridine rings is 1. The van der Waals surface area contributed by atoms with E-state index in [1.165, 1.54) is 33.5 Å². The van der Waals surface area contributed by atoms with E-state index in [2.05, 4.69) is 183 Å². The Kier molecular flexibility index (Phi) is 13.0. The van der Waals surface area contributed by atoms with Crippen LogP contribution in [0.5, 0.6) is 0 Å². The van der Waals surface area contributed by atoms with Crippen LogP contribution in [0, 0.1) is 12.1 Å². The monoisotopic (exact) mass is 1050 g/mol. The molecule has 0 aliphatic rings. The zero-order valence-electron chi connectivity index (χ0n) is 38.4. The number of rotatable bonds is 9. The summed E-state index contributed by atoms with van der Waals surface area (Å²) in [4.78, 5) is 14.0. The van der Waals surface area contributed by atoms with E-state index in [0.717, 1.165) is 72.5 Å². The minimum atomic E-state index is 0. The fourth-order valence-corrected chi connectivity index (χ4v) is 8.71. The van der Waals surface area contributed by atoms with E-state index in [1.807, 2.05) is 48.5 Å². The molecule has 0 fully saturated rings. The first-order valence-corrected chi connectivity index (χ1v) is 22.7. The summed E-state index contributed by atoms with van der Waals surface area (Å²) in [5, 5.41) is 2.15. The van der Waals surface area contributed by atoms with Crippen molar-refractivity contribution in [1.29, 1.82) is 0 Å². The van der Waals surface area contributed by atoms with Crippen LogP contribution in [0.2, 0.25) is 0 Å². The number of hydrogen-bond donors (Lipinski definition) is 0. The number of hydrogen-bond acceptors (Lipinski definition) is 5. The molecule has 11 aromatic rings. The van der Waals surface area contributed by atoms with Crippen LogP contribution >= 0.6 is 0 Å². The molecule has 0 aliphatic heterocycles. The van der Waals surface area contributed by atoms with Gasteiger partial charge in [0, 0.05) is 43.3 Å².